The Kier molecular flexibility index (Phi) is 4.31. The van der Waals surface area contributed by atoms with Gasteiger partial charge in [-0.1, -0.05) is 17.7 Å². The van der Waals surface area contributed by atoms with Crippen molar-refractivity contribution in [3.8, 4) is 11.5 Å². The number of anilines is 1. The molecule has 1 aliphatic rings. The summed E-state index contributed by atoms with van der Waals surface area (Å²) in [4.78, 5) is 28.4. The average Bonchev–Trinajstić information content (AvgIpc) is 3.03. The summed E-state index contributed by atoms with van der Waals surface area (Å²) in [6, 6.07) is 12.4. The van der Waals surface area contributed by atoms with Crippen molar-refractivity contribution in [1.29, 1.82) is 0 Å². The molecule has 0 spiro atoms. The van der Waals surface area contributed by atoms with Crippen molar-refractivity contribution in [2.75, 3.05) is 5.32 Å². The SMILES string of the molecule is CC1(C)OC(=O)C(=CNc2cccc(-c3nc4ccc(Cl)cc4o3)c2)C(=O)O1. The topological polar surface area (TPSA) is 90.7 Å². The molecule has 1 aromatic heterocycles. The van der Waals surface area contributed by atoms with Gasteiger partial charge in [-0.05, 0) is 30.3 Å². The van der Waals surface area contributed by atoms with Crippen molar-refractivity contribution in [3.05, 3.63) is 59.3 Å². The third-order valence-electron chi connectivity index (χ3n) is 3.96. The number of fused-ring (bicyclic) bond motifs is 1. The molecule has 8 heteroatoms. The van der Waals surface area contributed by atoms with E-state index in [2.05, 4.69) is 10.3 Å². The average molecular weight is 399 g/mol. The number of esters is 2. The molecule has 0 saturated carbocycles. The Morgan fingerprint density at radius 3 is 2.57 bits per heavy atom. The third-order valence-corrected chi connectivity index (χ3v) is 4.20. The number of hydrogen-bond acceptors (Lipinski definition) is 7. The maximum absolute atomic E-state index is 12.0. The molecule has 28 heavy (non-hydrogen) atoms. The van der Waals surface area contributed by atoms with Crippen LogP contribution in [0, 0.1) is 0 Å². The van der Waals surface area contributed by atoms with Crippen LogP contribution in [0.15, 0.2) is 58.7 Å². The highest BCUT2D eigenvalue weighted by molar-refractivity contribution is 6.31. The molecule has 2 aromatic carbocycles. The van der Waals surface area contributed by atoms with Gasteiger partial charge in [-0.25, -0.2) is 14.6 Å². The van der Waals surface area contributed by atoms with Crippen LogP contribution in [-0.2, 0) is 19.1 Å². The summed E-state index contributed by atoms with van der Waals surface area (Å²) >= 11 is 5.98. The largest absolute Gasteiger partial charge is 0.436 e. The van der Waals surface area contributed by atoms with Gasteiger partial charge in [0.25, 0.3) is 5.79 Å². The number of nitrogens with one attached hydrogen (secondary N) is 1. The van der Waals surface area contributed by atoms with Gasteiger partial charge in [-0.15, -0.1) is 0 Å². The molecule has 0 unspecified atom stereocenters. The number of benzene rings is 2. The van der Waals surface area contributed by atoms with E-state index >= 15 is 0 Å². The second-order valence-corrected chi connectivity index (χ2v) is 7.03. The summed E-state index contributed by atoms with van der Waals surface area (Å²) in [6.07, 6.45) is 1.25. The van der Waals surface area contributed by atoms with Gasteiger partial charge in [0.2, 0.25) is 5.89 Å². The fourth-order valence-corrected chi connectivity index (χ4v) is 2.86. The molecule has 3 aromatic rings. The number of halogens is 1. The van der Waals surface area contributed by atoms with Gasteiger partial charge in [0.05, 0.1) is 0 Å². The zero-order valence-electron chi connectivity index (χ0n) is 15.0. The Balaban J connectivity index is 1.59. The second kappa shape index (κ2) is 6.69. The van der Waals surface area contributed by atoms with Gasteiger partial charge < -0.3 is 19.2 Å². The summed E-state index contributed by atoms with van der Waals surface area (Å²) in [7, 11) is 0. The van der Waals surface area contributed by atoms with Crippen LogP contribution in [0.25, 0.3) is 22.6 Å². The predicted octanol–water partition coefficient (Wildman–Crippen LogP) is 4.28. The van der Waals surface area contributed by atoms with E-state index < -0.39 is 17.7 Å². The monoisotopic (exact) mass is 398 g/mol. The predicted molar refractivity (Wildman–Crippen MR) is 102 cm³/mol. The molecule has 2 heterocycles. The summed E-state index contributed by atoms with van der Waals surface area (Å²) in [5.41, 5.74) is 2.39. The molecule has 0 radical (unpaired) electrons. The smallest absolute Gasteiger partial charge is 0.350 e. The molecule has 7 nitrogen and oxygen atoms in total. The summed E-state index contributed by atoms with van der Waals surface area (Å²) < 4.78 is 15.9. The fourth-order valence-electron chi connectivity index (χ4n) is 2.70. The Labute approximate surface area is 164 Å². The van der Waals surface area contributed by atoms with Gasteiger partial charge >= 0.3 is 11.9 Å². The van der Waals surface area contributed by atoms with Crippen molar-refractivity contribution in [3.63, 3.8) is 0 Å². The lowest BCUT2D eigenvalue weighted by atomic mass is 10.2. The van der Waals surface area contributed by atoms with Crippen LogP contribution < -0.4 is 5.32 Å². The van der Waals surface area contributed by atoms with Crippen molar-refractivity contribution in [2.45, 2.75) is 19.6 Å². The number of carbonyl (C=O) groups excluding carboxylic acids is 2. The number of carbonyl (C=O) groups is 2. The molecule has 1 N–H and O–H groups in total. The second-order valence-electron chi connectivity index (χ2n) is 6.59. The number of rotatable bonds is 3. The molecule has 1 saturated heterocycles. The van der Waals surface area contributed by atoms with Crippen LogP contribution in [0.3, 0.4) is 0 Å². The highest BCUT2D eigenvalue weighted by Crippen LogP contribution is 2.28. The molecular weight excluding hydrogens is 384 g/mol. The molecule has 4 rings (SSSR count). The first-order valence-corrected chi connectivity index (χ1v) is 8.78. The number of cyclic esters (lactones) is 2. The van der Waals surface area contributed by atoms with E-state index in [9.17, 15) is 9.59 Å². The molecule has 1 aliphatic heterocycles. The molecule has 0 bridgehead atoms. The standard InChI is InChI=1S/C20H15ClN2O5/c1-20(2)27-18(24)14(19(25)28-20)10-22-13-5-3-4-11(8-13)17-23-15-7-6-12(21)9-16(15)26-17/h3-10,22H,1-2H3. The normalized spacial score (nSPS) is 15.9. The van der Waals surface area contributed by atoms with Crippen molar-refractivity contribution in [2.24, 2.45) is 0 Å². The Bertz CT molecular complexity index is 1110. The summed E-state index contributed by atoms with van der Waals surface area (Å²) in [5.74, 6) is -2.35. The molecule has 0 amide bonds. The minimum absolute atomic E-state index is 0.221. The van der Waals surface area contributed by atoms with E-state index in [1.807, 2.05) is 6.07 Å². The Morgan fingerprint density at radius 2 is 1.82 bits per heavy atom. The van der Waals surface area contributed by atoms with E-state index in [0.717, 1.165) is 0 Å². The number of oxazole rings is 1. The van der Waals surface area contributed by atoms with Gasteiger partial charge in [0, 0.05) is 42.4 Å². The molecule has 142 valence electrons. The van der Waals surface area contributed by atoms with E-state index in [4.69, 9.17) is 25.5 Å². The van der Waals surface area contributed by atoms with Crippen LogP contribution >= 0.6 is 11.6 Å². The number of ether oxygens (including phenoxy) is 2. The zero-order chi connectivity index (χ0) is 19.9. The van der Waals surface area contributed by atoms with Gasteiger partial charge in [-0.3, -0.25) is 0 Å². The first-order chi connectivity index (χ1) is 13.3. The van der Waals surface area contributed by atoms with Crippen molar-refractivity contribution in [1.82, 2.24) is 4.98 Å². The third kappa shape index (κ3) is 3.57. The van der Waals surface area contributed by atoms with E-state index in [0.29, 0.717) is 33.3 Å². The van der Waals surface area contributed by atoms with E-state index in [1.54, 1.807) is 36.4 Å². The number of nitrogens with zero attached hydrogens (tertiary/aromatic N) is 1. The van der Waals surface area contributed by atoms with Crippen molar-refractivity contribution >= 4 is 40.3 Å². The number of hydrogen-bond donors (Lipinski definition) is 1. The minimum atomic E-state index is -1.28. The van der Waals surface area contributed by atoms with E-state index in [-0.39, 0.29) is 5.57 Å². The van der Waals surface area contributed by atoms with Crippen LogP contribution in [0.4, 0.5) is 5.69 Å². The number of aromatic nitrogens is 1. The van der Waals surface area contributed by atoms with Crippen molar-refractivity contribution < 1.29 is 23.5 Å². The molecule has 0 aliphatic carbocycles. The first-order valence-electron chi connectivity index (χ1n) is 8.41. The Morgan fingerprint density at radius 1 is 1.07 bits per heavy atom. The minimum Gasteiger partial charge on any atom is -0.436 e. The summed E-state index contributed by atoms with van der Waals surface area (Å²) in [6.45, 7) is 2.98. The van der Waals surface area contributed by atoms with Crippen LogP contribution in [0.5, 0.6) is 0 Å². The van der Waals surface area contributed by atoms with Gasteiger partial charge in [-0.2, -0.15) is 0 Å². The maximum atomic E-state index is 12.0. The highest BCUT2D eigenvalue weighted by Gasteiger charge is 2.38. The lowest BCUT2D eigenvalue weighted by Gasteiger charge is -2.29. The highest BCUT2D eigenvalue weighted by atomic mass is 35.5. The zero-order valence-corrected chi connectivity index (χ0v) is 15.7. The molecular formula is C20H15ClN2O5. The quantitative estimate of drug-likeness (QED) is 0.400. The fraction of sp³-hybridized carbons (Fsp3) is 0.150. The van der Waals surface area contributed by atoms with Crippen LogP contribution in [0.2, 0.25) is 5.02 Å². The lowest BCUT2D eigenvalue weighted by Crippen LogP contribution is -2.42. The Hall–Kier alpha value is -3.32. The molecule has 1 fully saturated rings. The summed E-state index contributed by atoms with van der Waals surface area (Å²) in [5, 5.41) is 3.46. The van der Waals surface area contributed by atoms with Gasteiger partial charge in [0.15, 0.2) is 11.2 Å². The molecule has 0 atom stereocenters. The van der Waals surface area contributed by atoms with Crippen LogP contribution in [-0.4, -0.2) is 22.7 Å². The lowest BCUT2D eigenvalue weighted by molar-refractivity contribution is -0.222. The first kappa shape index (κ1) is 18.1. The van der Waals surface area contributed by atoms with E-state index in [1.165, 1.54) is 20.0 Å². The maximum Gasteiger partial charge on any atom is 0.350 e. The van der Waals surface area contributed by atoms with Crippen LogP contribution in [0.1, 0.15) is 13.8 Å². The van der Waals surface area contributed by atoms with Gasteiger partial charge in [0.1, 0.15) is 5.52 Å².